The van der Waals surface area contributed by atoms with Gasteiger partial charge < -0.3 is 25.6 Å². The van der Waals surface area contributed by atoms with E-state index in [0.29, 0.717) is 6.54 Å². The second-order valence-corrected chi connectivity index (χ2v) is 5.57. The lowest BCUT2D eigenvalue weighted by atomic mass is 10.1. The maximum Gasteiger partial charge on any atom is 0.407 e. The van der Waals surface area contributed by atoms with E-state index >= 15 is 0 Å². The molecule has 2 unspecified atom stereocenters. The number of nitrogens with one attached hydrogen (secondary N) is 1. The second kappa shape index (κ2) is 3.82. The minimum atomic E-state index is -0.815. The molecule has 2 bridgehead atoms. The zero-order chi connectivity index (χ0) is 13.9. The van der Waals surface area contributed by atoms with E-state index in [0.717, 1.165) is 35.2 Å². The van der Waals surface area contributed by atoms with Crippen molar-refractivity contribution in [1.82, 2.24) is 9.88 Å². The van der Waals surface area contributed by atoms with E-state index in [4.69, 9.17) is 10.8 Å². The van der Waals surface area contributed by atoms with E-state index < -0.39 is 6.09 Å². The highest BCUT2D eigenvalue weighted by Gasteiger charge is 2.46. The Labute approximate surface area is 115 Å². The van der Waals surface area contributed by atoms with Crippen LogP contribution in [0.2, 0.25) is 0 Å². The quantitative estimate of drug-likeness (QED) is 0.690. The van der Waals surface area contributed by atoms with E-state index in [9.17, 15) is 4.79 Å². The van der Waals surface area contributed by atoms with Gasteiger partial charge in [-0.2, -0.15) is 0 Å². The molecule has 0 saturated carbocycles. The molecule has 2 atom stereocenters. The van der Waals surface area contributed by atoms with Crippen molar-refractivity contribution in [2.24, 2.45) is 0 Å². The van der Waals surface area contributed by atoms with Crippen molar-refractivity contribution < 1.29 is 9.90 Å². The van der Waals surface area contributed by atoms with Gasteiger partial charge in [0.15, 0.2) is 0 Å². The number of hydrogen-bond donors (Lipinski definition) is 3. The van der Waals surface area contributed by atoms with Crippen LogP contribution in [0, 0.1) is 0 Å². The molecule has 2 fully saturated rings. The third-order valence-corrected chi connectivity index (χ3v) is 4.51. The first-order valence-corrected chi connectivity index (χ1v) is 6.77. The minimum absolute atomic E-state index is 0.0890. The summed E-state index contributed by atoms with van der Waals surface area (Å²) >= 11 is 0. The number of benzene rings is 1. The van der Waals surface area contributed by atoms with Crippen molar-refractivity contribution >= 4 is 28.4 Å². The van der Waals surface area contributed by atoms with Crippen molar-refractivity contribution in [3.8, 4) is 0 Å². The van der Waals surface area contributed by atoms with Crippen LogP contribution >= 0.6 is 0 Å². The molecule has 0 aliphatic carbocycles. The number of aromatic amines is 1. The topological polar surface area (TPSA) is 85.6 Å². The number of H-pyrrole nitrogens is 1. The predicted octanol–water partition coefficient (Wildman–Crippen LogP) is 1.69. The first kappa shape index (κ1) is 11.5. The lowest BCUT2D eigenvalue weighted by molar-refractivity contribution is 0.137. The third kappa shape index (κ3) is 1.41. The molecule has 4 N–H and O–H groups in total. The first-order valence-electron chi connectivity index (χ1n) is 6.77. The summed E-state index contributed by atoms with van der Waals surface area (Å²) in [5.74, 6) is 0. The highest BCUT2D eigenvalue weighted by molar-refractivity contribution is 5.99. The minimum Gasteiger partial charge on any atom is -0.465 e. The fourth-order valence-electron chi connectivity index (χ4n) is 3.63. The number of nitrogen functional groups attached to an aromatic ring is 1. The predicted molar refractivity (Wildman–Crippen MR) is 77.0 cm³/mol. The Bertz CT molecular complexity index is 696. The summed E-state index contributed by atoms with van der Waals surface area (Å²) in [6, 6.07) is 6.24. The molecule has 4 rings (SSSR count). The van der Waals surface area contributed by atoms with Crippen LogP contribution in [0.5, 0.6) is 0 Å². The Kier molecular flexibility index (Phi) is 2.19. The maximum absolute atomic E-state index is 11.2. The van der Waals surface area contributed by atoms with Gasteiger partial charge in [0.2, 0.25) is 0 Å². The number of nitrogens with two attached hydrogens (primary N) is 1. The average molecular weight is 272 g/mol. The molecule has 1 aromatic heterocycles. The molecule has 20 heavy (non-hydrogen) atoms. The normalized spacial score (nSPS) is 24.8. The number of carboxylic acid groups (broad SMARTS) is 1. The maximum atomic E-state index is 11.2. The molecule has 0 radical (unpaired) electrons. The molecule has 6 nitrogen and oxygen atoms in total. The number of nitrogens with zero attached hydrogens (tertiary/aromatic N) is 2. The molecule has 0 spiro atoms. The summed E-state index contributed by atoms with van der Waals surface area (Å²) in [5.41, 5.74) is 9.03. The SMILES string of the molecule is Nc1ccc2[nH]ccc2c1N1CC2CC1CN2C(=O)O. The number of aromatic nitrogens is 1. The fourth-order valence-corrected chi connectivity index (χ4v) is 3.63. The van der Waals surface area contributed by atoms with Gasteiger partial charge in [0.1, 0.15) is 0 Å². The van der Waals surface area contributed by atoms with Crippen LogP contribution in [0.25, 0.3) is 10.9 Å². The summed E-state index contributed by atoms with van der Waals surface area (Å²) in [6.45, 7) is 1.30. The number of amides is 1. The smallest absolute Gasteiger partial charge is 0.407 e. The fraction of sp³-hybridized carbons (Fsp3) is 0.357. The van der Waals surface area contributed by atoms with Gasteiger partial charge >= 0.3 is 6.09 Å². The molecule has 2 aromatic rings. The lowest BCUT2D eigenvalue weighted by Crippen LogP contribution is -2.48. The Hall–Kier alpha value is -2.37. The Morgan fingerprint density at radius 2 is 2.15 bits per heavy atom. The van der Waals surface area contributed by atoms with Gasteiger partial charge in [0.05, 0.1) is 17.4 Å². The Morgan fingerprint density at radius 1 is 1.30 bits per heavy atom. The first-order chi connectivity index (χ1) is 9.65. The third-order valence-electron chi connectivity index (χ3n) is 4.51. The molecular weight excluding hydrogens is 256 g/mol. The second-order valence-electron chi connectivity index (χ2n) is 5.57. The monoisotopic (exact) mass is 272 g/mol. The van der Waals surface area contributed by atoms with Crippen LogP contribution in [0.15, 0.2) is 24.4 Å². The van der Waals surface area contributed by atoms with Crippen LogP contribution in [0.1, 0.15) is 6.42 Å². The standard InChI is InChI=1S/C14H16N4O2/c15-11-1-2-12-10(3-4-16-12)13(11)17-6-9-5-8(17)7-18(9)14(19)20/h1-4,8-9,16H,5-7,15H2,(H,19,20). The molecule has 6 heteroatoms. The van der Waals surface area contributed by atoms with Crippen molar-refractivity contribution in [2.75, 3.05) is 23.7 Å². The molecule has 2 aliphatic rings. The summed E-state index contributed by atoms with van der Waals surface area (Å²) in [4.78, 5) is 18.2. The Balaban J connectivity index is 1.74. The van der Waals surface area contributed by atoms with Gasteiger partial charge in [-0.05, 0) is 24.6 Å². The highest BCUT2D eigenvalue weighted by Crippen LogP contribution is 2.40. The zero-order valence-corrected chi connectivity index (χ0v) is 10.9. The van der Waals surface area contributed by atoms with Crippen molar-refractivity contribution in [1.29, 1.82) is 0 Å². The van der Waals surface area contributed by atoms with E-state index in [1.54, 1.807) is 4.90 Å². The number of anilines is 2. The van der Waals surface area contributed by atoms with Gasteiger partial charge in [-0.25, -0.2) is 4.79 Å². The lowest BCUT2D eigenvalue weighted by Gasteiger charge is -2.35. The molecular formula is C14H16N4O2. The summed E-state index contributed by atoms with van der Waals surface area (Å²) in [7, 11) is 0. The van der Waals surface area contributed by atoms with Crippen molar-refractivity contribution in [3.05, 3.63) is 24.4 Å². The van der Waals surface area contributed by atoms with Gasteiger partial charge in [-0.3, -0.25) is 0 Å². The number of rotatable bonds is 1. The summed E-state index contributed by atoms with van der Waals surface area (Å²) < 4.78 is 0. The summed E-state index contributed by atoms with van der Waals surface area (Å²) in [5, 5.41) is 10.3. The largest absolute Gasteiger partial charge is 0.465 e. The molecule has 104 valence electrons. The van der Waals surface area contributed by atoms with E-state index in [2.05, 4.69) is 9.88 Å². The van der Waals surface area contributed by atoms with E-state index in [-0.39, 0.29) is 12.1 Å². The number of fused-ring (bicyclic) bond motifs is 3. The van der Waals surface area contributed by atoms with Gasteiger partial charge in [-0.1, -0.05) is 0 Å². The number of hydrogen-bond acceptors (Lipinski definition) is 3. The molecule has 1 aromatic carbocycles. The Morgan fingerprint density at radius 3 is 2.85 bits per heavy atom. The number of carbonyl (C=O) groups is 1. The average Bonchev–Trinajstić information content (AvgIpc) is 3.11. The zero-order valence-electron chi connectivity index (χ0n) is 10.9. The van der Waals surface area contributed by atoms with Crippen molar-refractivity contribution in [3.63, 3.8) is 0 Å². The molecule has 2 saturated heterocycles. The number of piperazine rings is 1. The van der Waals surface area contributed by atoms with Gasteiger partial charge in [0.25, 0.3) is 0 Å². The van der Waals surface area contributed by atoms with Crippen LogP contribution in [-0.4, -0.2) is 46.3 Å². The van der Waals surface area contributed by atoms with Crippen LogP contribution in [0.4, 0.5) is 16.2 Å². The highest BCUT2D eigenvalue weighted by atomic mass is 16.4. The van der Waals surface area contributed by atoms with Crippen LogP contribution < -0.4 is 10.6 Å². The molecule has 2 aliphatic heterocycles. The van der Waals surface area contributed by atoms with Crippen molar-refractivity contribution in [2.45, 2.75) is 18.5 Å². The summed E-state index contributed by atoms with van der Waals surface area (Å²) in [6.07, 6.45) is 1.99. The van der Waals surface area contributed by atoms with E-state index in [1.807, 2.05) is 24.4 Å². The van der Waals surface area contributed by atoms with E-state index in [1.165, 1.54) is 0 Å². The molecule has 3 heterocycles. The number of likely N-dealkylation sites (tertiary alicyclic amines) is 1. The van der Waals surface area contributed by atoms with Crippen LogP contribution in [-0.2, 0) is 0 Å². The van der Waals surface area contributed by atoms with Gasteiger partial charge in [-0.15, -0.1) is 0 Å². The van der Waals surface area contributed by atoms with Gasteiger partial charge in [0, 0.05) is 36.2 Å². The molecule has 1 amide bonds. The van der Waals surface area contributed by atoms with Crippen LogP contribution in [0.3, 0.4) is 0 Å².